The molecule has 5 nitrogen and oxygen atoms in total. The van der Waals surface area contributed by atoms with Crippen molar-refractivity contribution in [2.45, 2.75) is 18.0 Å². The molecule has 0 fully saturated rings. The highest BCUT2D eigenvalue weighted by Gasteiger charge is 2.36. The molecule has 160 valence electrons. The first kappa shape index (κ1) is 21.3. The van der Waals surface area contributed by atoms with E-state index in [4.69, 9.17) is 4.84 Å². The molecule has 1 N–H and O–H groups in total. The molecule has 0 aliphatic carbocycles. The number of alkyl halides is 3. The number of para-hydroxylation sites is 1. The highest BCUT2D eigenvalue weighted by Crippen LogP contribution is 2.43. The number of benzene rings is 3. The Kier molecular flexibility index (Phi) is 5.46. The molecule has 3 aromatic carbocycles. The molecule has 0 bridgehead atoms. The summed E-state index contributed by atoms with van der Waals surface area (Å²) < 4.78 is 66.7. The Morgan fingerprint density at radius 1 is 0.968 bits per heavy atom. The maximum absolute atomic E-state index is 13.7. The molecule has 0 saturated heterocycles. The zero-order chi connectivity index (χ0) is 22.2. The van der Waals surface area contributed by atoms with Crippen LogP contribution in [0.25, 0.3) is 20.8 Å². The summed E-state index contributed by atoms with van der Waals surface area (Å²) in [6, 6.07) is 16.5. The van der Waals surface area contributed by atoms with Gasteiger partial charge in [-0.3, -0.25) is 0 Å². The Morgan fingerprint density at radius 2 is 1.65 bits per heavy atom. The van der Waals surface area contributed by atoms with E-state index in [1.54, 1.807) is 42.5 Å². The molecule has 0 aliphatic heterocycles. The molecule has 31 heavy (non-hydrogen) atoms. The molecule has 4 aromatic rings. The van der Waals surface area contributed by atoms with E-state index >= 15 is 0 Å². The highest BCUT2D eigenvalue weighted by atomic mass is 32.2. The lowest BCUT2D eigenvalue weighted by atomic mass is 10.0. The average molecular weight is 464 g/mol. The standard InChI is InChI=1S/C21H15F3N2O3S2/c1-13-17(29-26-31(27,28)14-7-3-2-4-8-14)12-11-15(21(22,23)24)19(13)20-25-16-9-5-6-10-18(16)30-20/h2-12,26H,1H3. The van der Waals surface area contributed by atoms with Gasteiger partial charge < -0.3 is 4.84 Å². The summed E-state index contributed by atoms with van der Waals surface area (Å²) in [6.07, 6.45) is -4.62. The third-order valence-corrected chi connectivity index (χ3v) is 6.79. The van der Waals surface area contributed by atoms with E-state index in [0.29, 0.717) is 5.52 Å². The zero-order valence-electron chi connectivity index (χ0n) is 16.0. The number of rotatable bonds is 5. The smallest absolute Gasteiger partial charge is 0.393 e. The van der Waals surface area contributed by atoms with Crippen LogP contribution >= 0.6 is 11.3 Å². The second kappa shape index (κ2) is 7.95. The molecule has 1 aromatic heterocycles. The van der Waals surface area contributed by atoms with Gasteiger partial charge in [0.2, 0.25) is 0 Å². The number of hydrogen-bond acceptors (Lipinski definition) is 5. The Hall–Kier alpha value is -2.95. The summed E-state index contributed by atoms with van der Waals surface area (Å²) >= 11 is 1.12. The van der Waals surface area contributed by atoms with Crippen LogP contribution in [0.2, 0.25) is 0 Å². The van der Waals surface area contributed by atoms with Crippen molar-refractivity contribution < 1.29 is 26.4 Å². The number of nitrogens with zero attached hydrogens (tertiary/aromatic N) is 1. The number of hydrogen-bond donors (Lipinski definition) is 1. The van der Waals surface area contributed by atoms with Crippen LogP contribution in [0.1, 0.15) is 11.1 Å². The van der Waals surface area contributed by atoms with Crippen LogP contribution in [0.15, 0.2) is 71.6 Å². The van der Waals surface area contributed by atoms with E-state index < -0.39 is 21.8 Å². The van der Waals surface area contributed by atoms with Gasteiger partial charge >= 0.3 is 6.18 Å². The van der Waals surface area contributed by atoms with E-state index in [0.717, 1.165) is 28.2 Å². The normalized spacial score (nSPS) is 12.3. The third-order valence-electron chi connectivity index (χ3n) is 4.54. The van der Waals surface area contributed by atoms with Crippen LogP contribution in [-0.2, 0) is 16.2 Å². The van der Waals surface area contributed by atoms with Crippen molar-refractivity contribution in [3.05, 3.63) is 77.9 Å². The lowest BCUT2D eigenvalue weighted by Gasteiger charge is -2.17. The van der Waals surface area contributed by atoms with Gasteiger partial charge in [-0.2, -0.15) is 13.2 Å². The van der Waals surface area contributed by atoms with Crippen LogP contribution in [0, 0.1) is 6.92 Å². The van der Waals surface area contributed by atoms with Crippen LogP contribution < -0.4 is 9.72 Å². The number of fused-ring (bicyclic) bond motifs is 1. The summed E-state index contributed by atoms with van der Waals surface area (Å²) in [6.45, 7) is 1.43. The summed E-state index contributed by atoms with van der Waals surface area (Å²) in [5.74, 6) is -0.0539. The molecular weight excluding hydrogens is 449 g/mol. The minimum absolute atomic E-state index is 0.0361. The molecule has 1 heterocycles. The van der Waals surface area contributed by atoms with Gasteiger partial charge in [-0.1, -0.05) is 30.3 Å². The molecule has 0 atom stereocenters. The van der Waals surface area contributed by atoms with Gasteiger partial charge in [-0.25, -0.2) is 13.4 Å². The summed E-state index contributed by atoms with van der Waals surface area (Å²) in [5.41, 5.74) is -0.330. The number of aromatic nitrogens is 1. The highest BCUT2D eigenvalue weighted by molar-refractivity contribution is 7.89. The number of nitrogens with one attached hydrogen (secondary N) is 1. The van der Waals surface area contributed by atoms with E-state index in [2.05, 4.69) is 4.98 Å². The maximum atomic E-state index is 13.7. The zero-order valence-corrected chi connectivity index (χ0v) is 17.6. The third kappa shape index (κ3) is 4.27. The van der Waals surface area contributed by atoms with Crippen LogP contribution in [0.4, 0.5) is 13.2 Å². The molecule has 0 radical (unpaired) electrons. The number of thiazole rings is 1. The fourth-order valence-electron chi connectivity index (χ4n) is 3.04. The van der Waals surface area contributed by atoms with Gasteiger partial charge in [0.15, 0.2) is 5.75 Å². The van der Waals surface area contributed by atoms with E-state index in [1.807, 2.05) is 4.89 Å². The molecular formula is C21H15F3N2O3S2. The van der Waals surface area contributed by atoms with Crippen LogP contribution in [0.5, 0.6) is 5.75 Å². The molecule has 0 unspecified atom stereocenters. The van der Waals surface area contributed by atoms with Crippen molar-refractivity contribution in [3.8, 4) is 16.3 Å². The molecule has 10 heteroatoms. The largest absolute Gasteiger partial charge is 0.417 e. The van der Waals surface area contributed by atoms with Gasteiger partial charge in [-0.15, -0.1) is 11.3 Å². The first-order valence-corrected chi connectivity index (χ1v) is 11.3. The second-order valence-electron chi connectivity index (χ2n) is 6.60. The van der Waals surface area contributed by atoms with Gasteiger partial charge in [-0.05, 0) is 48.2 Å². The molecule has 0 aliphatic rings. The number of sulfonamides is 1. The molecule has 0 amide bonds. The van der Waals surface area contributed by atoms with Crippen molar-refractivity contribution in [2.24, 2.45) is 0 Å². The first-order chi connectivity index (χ1) is 14.7. The fraction of sp³-hybridized carbons (Fsp3) is 0.0952. The quantitative estimate of drug-likeness (QED) is 0.393. The lowest BCUT2D eigenvalue weighted by molar-refractivity contribution is -0.137. The van der Waals surface area contributed by atoms with Gasteiger partial charge in [0, 0.05) is 11.1 Å². The SMILES string of the molecule is Cc1c(ONS(=O)(=O)c2ccccc2)ccc(C(F)(F)F)c1-c1nc2ccccc2s1. The van der Waals surface area contributed by atoms with E-state index in [-0.39, 0.29) is 26.8 Å². The lowest BCUT2D eigenvalue weighted by Crippen LogP contribution is -2.27. The molecule has 4 rings (SSSR count). The van der Waals surface area contributed by atoms with Crippen molar-refractivity contribution in [1.82, 2.24) is 9.87 Å². The first-order valence-electron chi connectivity index (χ1n) is 8.97. The summed E-state index contributed by atoms with van der Waals surface area (Å²) in [7, 11) is -4.02. The topological polar surface area (TPSA) is 68.3 Å². The van der Waals surface area contributed by atoms with Crippen LogP contribution in [-0.4, -0.2) is 13.4 Å². The molecule has 0 saturated carbocycles. The average Bonchev–Trinajstić information content (AvgIpc) is 3.16. The Balaban J connectivity index is 1.76. The second-order valence-corrected chi connectivity index (χ2v) is 9.27. The minimum Gasteiger partial charge on any atom is -0.393 e. The predicted molar refractivity (Wildman–Crippen MR) is 112 cm³/mol. The van der Waals surface area contributed by atoms with Crippen molar-refractivity contribution in [3.63, 3.8) is 0 Å². The van der Waals surface area contributed by atoms with Crippen molar-refractivity contribution in [1.29, 1.82) is 0 Å². The summed E-state index contributed by atoms with van der Waals surface area (Å²) in [4.78, 5) is 11.5. The van der Waals surface area contributed by atoms with Crippen LogP contribution in [0.3, 0.4) is 0 Å². The van der Waals surface area contributed by atoms with Gasteiger partial charge in [0.25, 0.3) is 10.0 Å². The maximum Gasteiger partial charge on any atom is 0.417 e. The van der Waals surface area contributed by atoms with Crippen molar-refractivity contribution in [2.75, 3.05) is 0 Å². The number of halogens is 3. The Labute approximate surface area is 180 Å². The van der Waals surface area contributed by atoms with E-state index in [1.165, 1.54) is 19.1 Å². The van der Waals surface area contributed by atoms with Gasteiger partial charge in [0.05, 0.1) is 20.7 Å². The Morgan fingerprint density at radius 3 is 2.32 bits per heavy atom. The summed E-state index contributed by atoms with van der Waals surface area (Å²) in [5, 5.41) is 0.169. The molecule has 0 spiro atoms. The van der Waals surface area contributed by atoms with Gasteiger partial charge in [0.1, 0.15) is 5.01 Å². The minimum atomic E-state index is -4.62. The predicted octanol–water partition coefficient (Wildman–Crippen LogP) is 5.56. The van der Waals surface area contributed by atoms with Crippen molar-refractivity contribution >= 4 is 31.6 Å². The fourth-order valence-corrected chi connectivity index (χ4v) is 4.94. The monoisotopic (exact) mass is 464 g/mol. The van der Waals surface area contributed by atoms with E-state index in [9.17, 15) is 21.6 Å². The Bertz CT molecular complexity index is 1320.